The number of benzene rings is 1. The van der Waals surface area contributed by atoms with E-state index in [0.717, 1.165) is 25.9 Å². The monoisotopic (exact) mass is 598 g/mol. The second-order valence-corrected chi connectivity index (χ2v) is 12.9. The fraction of sp³-hybridized carbons (Fsp3) is 0.606. The van der Waals surface area contributed by atoms with E-state index < -0.39 is 29.3 Å². The van der Waals surface area contributed by atoms with Crippen molar-refractivity contribution in [3.05, 3.63) is 63.0 Å². The fourth-order valence-corrected chi connectivity index (χ4v) is 6.78. The summed E-state index contributed by atoms with van der Waals surface area (Å²) < 4.78 is 47.4. The minimum Gasteiger partial charge on any atom is -0.363 e. The lowest BCUT2D eigenvalue weighted by molar-refractivity contribution is -0.0900. The van der Waals surface area contributed by atoms with E-state index in [9.17, 15) is 4.79 Å². The van der Waals surface area contributed by atoms with Crippen LogP contribution >= 0.6 is 0 Å². The molecule has 7 nitrogen and oxygen atoms in total. The highest BCUT2D eigenvalue weighted by molar-refractivity contribution is 5.87. The van der Waals surface area contributed by atoms with Crippen molar-refractivity contribution < 1.29 is 13.2 Å². The third-order valence-corrected chi connectivity index (χ3v) is 9.53. The molecule has 1 atom stereocenters. The van der Waals surface area contributed by atoms with Crippen LogP contribution in [0.25, 0.3) is 11.0 Å². The van der Waals surface area contributed by atoms with Crippen molar-refractivity contribution >= 4 is 16.9 Å². The highest BCUT2D eigenvalue weighted by atomic mass is 19.3. The van der Waals surface area contributed by atoms with Gasteiger partial charge in [-0.05, 0) is 105 Å². The molecule has 0 spiro atoms. The summed E-state index contributed by atoms with van der Waals surface area (Å²) in [5.74, 6) is -4.10. The van der Waals surface area contributed by atoms with E-state index in [0.29, 0.717) is 66.3 Å². The summed E-state index contributed by atoms with van der Waals surface area (Å²) in [4.78, 5) is 29.7. The summed E-state index contributed by atoms with van der Waals surface area (Å²) in [6.45, 7) is 14.9. The number of alkyl halides is 2. The average molecular weight is 599 g/mol. The maximum Gasteiger partial charge on any atom is 0.278 e. The molecule has 2 N–H and O–H groups in total. The summed E-state index contributed by atoms with van der Waals surface area (Å²) in [5.41, 5.74) is 0.518. The van der Waals surface area contributed by atoms with Crippen LogP contribution < -0.4 is 10.9 Å². The molecule has 2 fully saturated rings. The molecule has 4 heterocycles. The van der Waals surface area contributed by atoms with Crippen molar-refractivity contribution in [2.45, 2.75) is 97.2 Å². The number of piperidine rings is 2. The summed E-state index contributed by atoms with van der Waals surface area (Å²) in [7, 11) is 0. The molecular formula is C33H45F3N6O. The largest absolute Gasteiger partial charge is 0.363 e. The van der Waals surface area contributed by atoms with Crippen LogP contribution in [0.5, 0.6) is 0 Å². The Balaban J connectivity index is 1.41. The minimum absolute atomic E-state index is 0.110. The van der Waals surface area contributed by atoms with Crippen LogP contribution in [-0.2, 0) is 5.92 Å². The van der Waals surface area contributed by atoms with Crippen molar-refractivity contribution in [1.29, 1.82) is 0 Å². The Morgan fingerprint density at radius 3 is 2.16 bits per heavy atom. The number of hydrogen-bond donors (Lipinski definition) is 2. The number of H-pyrrole nitrogens is 1. The highest BCUT2D eigenvalue weighted by Gasteiger charge is 2.45. The first-order chi connectivity index (χ1) is 20.4. The molecule has 0 unspecified atom stereocenters. The number of halogens is 3. The topological polar surface area (TPSA) is 77.2 Å². The third-order valence-electron chi connectivity index (χ3n) is 9.53. The molecule has 0 radical (unpaired) electrons. The summed E-state index contributed by atoms with van der Waals surface area (Å²) >= 11 is 0. The number of aromatic amines is 1. The van der Waals surface area contributed by atoms with Crippen LogP contribution in [-0.4, -0.2) is 63.0 Å². The van der Waals surface area contributed by atoms with E-state index in [1.165, 1.54) is 12.1 Å². The maximum atomic E-state index is 15.9. The molecule has 2 aliphatic rings. The van der Waals surface area contributed by atoms with Gasteiger partial charge in [0.05, 0.1) is 17.0 Å². The Hall–Kier alpha value is -2.98. The van der Waals surface area contributed by atoms with Crippen LogP contribution in [0.2, 0.25) is 0 Å². The lowest BCUT2D eigenvalue weighted by Crippen LogP contribution is -2.42. The Bertz CT molecular complexity index is 1490. The van der Waals surface area contributed by atoms with Gasteiger partial charge in [0.2, 0.25) is 0 Å². The molecule has 2 saturated heterocycles. The molecule has 1 aromatic carbocycles. The van der Waals surface area contributed by atoms with E-state index in [1.807, 2.05) is 6.07 Å². The van der Waals surface area contributed by atoms with Crippen molar-refractivity contribution in [3.63, 3.8) is 0 Å². The zero-order chi connectivity index (χ0) is 31.1. The number of nitrogens with zero attached hydrogens (tertiary/aromatic N) is 4. The van der Waals surface area contributed by atoms with Crippen LogP contribution in [0.1, 0.15) is 94.8 Å². The average Bonchev–Trinajstić information content (AvgIpc) is 2.96. The van der Waals surface area contributed by atoms with Crippen molar-refractivity contribution in [1.82, 2.24) is 24.8 Å². The highest BCUT2D eigenvalue weighted by Crippen LogP contribution is 2.44. The van der Waals surface area contributed by atoms with Crippen LogP contribution in [0.3, 0.4) is 0 Å². The predicted octanol–water partition coefficient (Wildman–Crippen LogP) is 6.74. The Kier molecular flexibility index (Phi) is 9.18. The lowest BCUT2D eigenvalue weighted by Gasteiger charge is -2.38. The maximum absolute atomic E-state index is 15.9. The van der Waals surface area contributed by atoms with E-state index in [1.54, 1.807) is 19.9 Å². The van der Waals surface area contributed by atoms with E-state index in [4.69, 9.17) is 0 Å². The number of rotatable bonds is 8. The van der Waals surface area contributed by atoms with Crippen molar-refractivity contribution in [2.24, 2.45) is 5.92 Å². The standard InChI is InChI=1S/C33H45F3N6O/c1-19(2)41-14-10-23(11-15-41)26-18-27-30(38-22(6)39-31(27)40-32(26)43)37-21(5)25-8-7-9-28(29(25)34)33(35,36)24-12-16-42(17-13-24)20(3)4/h7-9,18-21,23-24H,10-17H2,1-6H3,(H2,37,38,39,40,43)/t21-/m1/s1. The number of likely N-dealkylation sites (tertiary alicyclic amines) is 2. The van der Waals surface area contributed by atoms with Gasteiger partial charge in [-0.15, -0.1) is 0 Å². The van der Waals surface area contributed by atoms with Gasteiger partial charge in [-0.25, -0.2) is 23.1 Å². The quantitative estimate of drug-likeness (QED) is 0.299. The molecule has 0 aliphatic carbocycles. The van der Waals surface area contributed by atoms with Gasteiger partial charge >= 0.3 is 0 Å². The molecule has 10 heteroatoms. The van der Waals surface area contributed by atoms with E-state index in [-0.39, 0.29) is 17.0 Å². The number of aryl methyl sites for hydroxylation is 1. The smallest absolute Gasteiger partial charge is 0.278 e. The van der Waals surface area contributed by atoms with Gasteiger partial charge < -0.3 is 20.1 Å². The van der Waals surface area contributed by atoms with Gasteiger partial charge in [-0.2, -0.15) is 0 Å². The zero-order valence-corrected chi connectivity index (χ0v) is 26.2. The summed E-state index contributed by atoms with van der Waals surface area (Å²) in [6.07, 6.45) is 2.40. The number of pyridine rings is 1. The SMILES string of the molecule is Cc1nc(N[C@H](C)c2cccc(C(F)(F)C3CCN(C(C)C)CC3)c2F)c2cc(C3CCN(C(C)C)CC3)c(=O)[nH]c2n1. The van der Waals surface area contributed by atoms with Gasteiger partial charge in [0, 0.05) is 29.1 Å². The molecule has 0 amide bonds. The van der Waals surface area contributed by atoms with Gasteiger partial charge in [-0.3, -0.25) is 4.79 Å². The third kappa shape index (κ3) is 6.45. The predicted molar refractivity (Wildman–Crippen MR) is 165 cm³/mol. The lowest BCUT2D eigenvalue weighted by atomic mass is 9.85. The number of anilines is 1. The normalized spacial score (nSPS) is 19.0. The first kappa shape index (κ1) is 31.4. The van der Waals surface area contributed by atoms with Gasteiger partial charge in [0.25, 0.3) is 11.5 Å². The van der Waals surface area contributed by atoms with E-state index >= 15 is 13.2 Å². The van der Waals surface area contributed by atoms with Crippen molar-refractivity contribution in [2.75, 3.05) is 31.5 Å². The first-order valence-electron chi connectivity index (χ1n) is 15.7. The summed E-state index contributed by atoms with van der Waals surface area (Å²) in [6, 6.07) is 6.21. The number of fused-ring (bicyclic) bond motifs is 1. The second kappa shape index (κ2) is 12.6. The zero-order valence-electron chi connectivity index (χ0n) is 26.2. The molecule has 3 aromatic rings. The fourth-order valence-electron chi connectivity index (χ4n) is 6.78. The minimum atomic E-state index is -3.28. The molecule has 2 aliphatic heterocycles. The van der Waals surface area contributed by atoms with Crippen LogP contribution in [0, 0.1) is 18.7 Å². The molecule has 234 valence electrons. The Morgan fingerprint density at radius 1 is 0.953 bits per heavy atom. The second-order valence-electron chi connectivity index (χ2n) is 12.9. The van der Waals surface area contributed by atoms with Crippen LogP contribution in [0.4, 0.5) is 19.0 Å². The van der Waals surface area contributed by atoms with Crippen LogP contribution in [0.15, 0.2) is 29.1 Å². The van der Waals surface area contributed by atoms with Crippen molar-refractivity contribution in [3.8, 4) is 0 Å². The van der Waals surface area contributed by atoms with Gasteiger partial charge in [0.15, 0.2) is 0 Å². The molecular weight excluding hydrogens is 553 g/mol. The molecule has 2 aromatic heterocycles. The number of aromatic nitrogens is 3. The molecule has 0 bridgehead atoms. The van der Waals surface area contributed by atoms with E-state index in [2.05, 4.69) is 57.8 Å². The molecule has 43 heavy (non-hydrogen) atoms. The summed E-state index contributed by atoms with van der Waals surface area (Å²) in [5, 5.41) is 3.88. The number of hydrogen-bond acceptors (Lipinski definition) is 6. The molecule has 5 rings (SSSR count). The van der Waals surface area contributed by atoms with Gasteiger partial charge in [-0.1, -0.05) is 18.2 Å². The number of nitrogens with one attached hydrogen (secondary N) is 2. The Morgan fingerprint density at radius 2 is 1.56 bits per heavy atom. The Labute approximate surface area is 252 Å². The first-order valence-corrected chi connectivity index (χ1v) is 15.7. The molecule has 0 saturated carbocycles. The van der Waals surface area contributed by atoms with Gasteiger partial charge in [0.1, 0.15) is 23.1 Å².